The van der Waals surface area contributed by atoms with Gasteiger partial charge in [-0.2, -0.15) is 0 Å². The van der Waals surface area contributed by atoms with Crippen molar-refractivity contribution in [3.8, 4) is 0 Å². The lowest BCUT2D eigenvalue weighted by Gasteiger charge is -2.17. The molecule has 29 heavy (non-hydrogen) atoms. The minimum absolute atomic E-state index is 0.00585. The molecular formula is C27H21NO. The second-order valence-corrected chi connectivity index (χ2v) is 7.44. The predicted molar refractivity (Wildman–Crippen MR) is 119 cm³/mol. The zero-order chi connectivity index (χ0) is 19.6. The first kappa shape index (κ1) is 17.4. The van der Waals surface area contributed by atoms with E-state index in [4.69, 9.17) is 0 Å². The molecule has 5 rings (SSSR count). The van der Waals surface area contributed by atoms with Crippen molar-refractivity contribution in [2.24, 2.45) is 0 Å². The van der Waals surface area contributed by atoms with Crippen LogP contribution in [0, 0.1) is 0 Å². The highest BCUT2D eigenvalue weighted by Crippen LogP contribution is 2.34. The number of para-hydroxylation sites is 1. The molecule has 2 nitrogen and oxygen atoms in total. The van der Waals surface area contributed by atoms with Crippen LogP contribution in [0.1, 0.15) is 33.8 Å². The Labute approximate surface area is 169 Å². The molecule has 2 heteroatoms. The molecule has 0 aliphatic carbocycles. The van der Waals surface area contributed by atoms with Crippen molar-refractivity contribution in [3.63, 3.8) is 0 Å². The van der Waals surface area contributed by atoms with Crippen molar-refractivity contribution in [2.45, 2.75) is 12.3 Å². The highest BCUT2D eigenvalue weighted by Gasteiger charge is 2.22. The van der Waals surface area contributed by atoms with E-state index in [9.17, 15) is 4.79 Å². The molecule has 0 aliphatic rings. The number of Topliss-reactive ketones (excluding diaryl/α,β-unsaturated/α-hetero) is 1. The topological polar surface area (TPSA) is 32.9 Å². The monoisotopic (exact) mass is 375 g/mol. The second-order valence-electron chi connectivity index (χ2n) is 7.44. The Morgan fingerprint density at radius 1 is 0.759 bits per heavy atom. The molecule has 0 saturated heterocycles. The highest BCUT2D eigenvalue weighted by molar-refractivity contribution is 6.01. The molecule has 0 unspecified atom stereocenters. The van der Waals surface area contributed by atoms with E-state index in [1.54, 1.807) is 0 Å². The van der Waals surface area contributed by atoms with Gasteiger partial charge >= 0.3 is 0 Å². The molecule has 0 bridgehead atoms. The van der Waals surface area contributed by atoms with Crippen LogP contribution >= 0.6 is 0 Å². The molecule has 1 N–H and O–H groups in total. The number of ketones is 1. The van der Waals surface area contributed by atoms with Crippen LogP contribution in [0.25, 0.3) is 21.7 Å². The van der Waals surface area contributed by atoms with E-state index >= 15 is 0 Å². The number of H-pyrrole nitrogens is 1. The van der Waals surface area contributed by atoms with Crippen LogP contribution in [-0.4, -0.2) is 10.8 Å². The van der Waals surface area contributed by atoms with Gasteiger partial charge in [0.1, 0.15) is 0 Å². The average Bonchev–Trinajstić information content (AvgIpc) is 3.21. The lowest BCUT2D eigenvalue weighted by molar-refractivity contribution is 0.0978. The summed E-state index contributed by atoms with van der Waals surface area (Å²) in [5.41, 5.74) is 4.19. The SMILES string of the molecule is O=C(C[C@@H](c1ccccc1)c1c[nH]c2ccccc12)c1ccc2ccccc2c1. The number of benzene rings is 4. The average molecular weight is 375 g/mol. The summed E-state index contributed by atoms with van der Waals surface area (Å²) in [6.07, 6.45) is 2.49. The van der Waals surface area contributed by atoms with Gasteiger partial charge in [0, 0.05) is 35.0 Å². The van der Waals surface area contributed by atoms with Crippen LogP contribution in [0.3, 0.4) is 0 Å². The number of aromatic amines is 1. The number of carbonyl (C=O) groups is 1. The van der Waals surface area contributed by atoms with Crippen LogP contribution < -0.4 is 0 Å². The maximum absolute atomic E-state index is 13.3. The van der Waals surface area contributed by atoms with Crippen molar-refractivity contribution in [1.82, 2.24) is 4.98 Å². The Morgan fingerprint density at radius 3 is 2.34 bits per heavy atom. The first-order chi connectivity index (χ1) is 14.3. The lowest BCUT2D eigenvalue weighted by Crippen LogP contribution is -2.09. The summed E-state index contributed by atoms with van der Waals surface area (Å²) in [4.78, 5) is 16.7. The Bertz CT molecular complexity index is 1300. The number of carbonyl (C=O) groups excluding carboxylic acids is 1. The molecular weight excluding hydrogens is 354 g/mol. The van der Waals surface area contributed by atoms with Crippen LogP contribution in [0.5, 0.6) is 0 Å². The first-order valence-electron chi connectivity index (χ1n) is 9.92. The zero-order valence-electron chi connectivity index (χ0n) is 16.0. The molecule has 0 radical (unpaired) electrons. The third-order valence-corrected chi connectivity index (χ3v) is 5.66. The molecule has 0 aliphatic heterocycles. The maximum atomic E-state index is 13.3. The lowest BCUT2D eigenvalue weighted by atomic mass is 9.85. The van der Waals surface area contributed by atoms with Gasteiger partial charge in [-0.1, -0.05) is 84.9 Å². The standard InChI is InChI=1S/C27H21NO/c29-27(22-15-14-19-8-4-5-11-21(19)16-22)17-24(20-9-2-1-3-10-20)25-18-28-26-13-7-6-12-23(25)26/h1-16,18,24,28H,17H2/t24-/m0/s1. The number of nitrogens with one attached hydrogen (secondary N) is 1. The van der Waals surface area contributed by atoms with Gasteiger partial charge in [0.25, 0.3) is 0 Å². The fourth-order valence-corrected chi connectivity index (χ4v) is 4.14. The predicted octanol–water partition coefficient (Wildman–Crippen LogP) is 6.73. The summed E-state index contributed by atoms with van der Waals surface area (Å²) in [6, 6.07) is 32.7. The maximum Gasteiger partial charge on any atom is 0.163 e. The van der Waals surface area contributed by atoms with Crippen LogP contribution in [0.2, 0.25) is 0 Å². The molecule has 1 heterocycles. The summed E-state index contributed by atoms with van der Waals surface area (Å²) in [6.45, 7) is 0. The minimum atomic E-state index is 0.00585. The smallest absolute Gasteiger partial charge is 0.163 e. The van der Waals surface area contributed by atoms with E-state index in [2.05, 4.69) is 47.6 Å². The molecule has 140 valence electrons. The van der Waals surface area contributed by atoms with Gasteiger partial charge in [-0.05, 0) is 34.0 Å². The summed E-state index contributed by atoms with van der Waals surface area (Å²) in [5.74, 6) is 0.168. The summed E-state index contributed by atoms with van der Waals surface area (Å²) >= 11 is 0. The normalized spacial score (nSPS) is 12.3. The van der Waals surface area contributed by atoms with Gasteiger partial charge < -0.3 is 4.98 Å². The Morgan fingerprint density at radius 2 is 1.48 bits per heavy atom. The quantitative estimate of drug-likeness (QED) is 0.340. The highest BCUT2D eigenvalue weighted by atomic mass is 16.1. The third kappa shape index (κ3) is 3.34. The fraction of sp³-hybridized carbons (Fsp3) is 0.0741. The Hall–Kier alpha value is -3.65. The fourth-order valence-electron chi connectivity index (χ4n) is 4.14. The number of hydrogen-bond acceptors (Lipinski definition) is 1. The molecule has 0 amide bonds. The van der Waals surface area contributed by atoms with Gasteiger partial charge in [-0.3, -0.25) is 4.79 Å². The van der Waals surface area contributed by atoms with Crippen molar-refractivity contribution < 1.29 is 4.79 Å². The van der Waals surface area contributed by atoms with Crippen molar-refractivity contribution in [1.29, 1.82) is 0 Å². The van der Waals surface area contributed by atoms with Gasteiger partial charge in [-0.15, -0.1) is 0 Å². The van der Waals surface area contributed by atoms with Crippen molar-refractivity contribution >= 4 is 27.5 Å². The molecule has 0 spiro atoms. The van der Waals surface area contributed by atoms with E-state index < -0.39 is 0 Å². The van der Waals surface area contributed by atoms with Crippen molar-refractivity contribution in [3.05, 3.63) is 120 Å². The third-order valence-electron chi connectivity index (χ3n) is 5.66. The van der Waals surface area contributed by atoms with E-state index in [-0.39, 0.29) is 11.7 Å². The largest absolute Gasteiger partial charge is 0.361 e. The van der Waals surface area contributed by atoms with E-state index in [0.29, 0.717) is 6.42 Å². The van der Waals surface area contributed by atoms with Gasteiger partial charge in [0.05, 0.1) is 0 Å². The number of aromatic nitrogens is 1. The van der Waals surface area contributed by atoms with Crippen LogP contribution in [-0.2, 0) is 0 Å². The molecule has 1 atom stereocenters. The van der Waals surface area contributed by atoms with Gasteiger partial charge in [0.15, 0.2) is 5.78 Å². The summed E-state index contributed by atoms with van der Waals surface area (Å²) in [5, 5.41) is 3.43. The molecule has 0 fully saturated rings. The van der Waals surface area contributed by atoms with Crippen molar-refractivity contribution in [2.75, 3.05) is 0 Å². The molecule has 1 aromatic heterocycles. The van der Waals surface area contributed by atoms with Gasteiger partial charge in [-0.25, -0.2) is 0 Å². The zero-order valence-corrected chi connectivity index (χ0v) is 16.0. The number of rotatable bonds is 5. The van der Waals surface area contributed by atoms with E-state index in [0.717, 1.165) is 27.4 Å². The number of fused-ring (bicyclic) bond motifs is 2. The summed E-state index contributed by atoms with van der Waals surface area (Å²) in [7, 11) is 0. The molecule has 5 aromatic rings. The number of hydrogen-bond donors (Lipinski definition) is 1. The van der Waals surface area contributed by atoms with E-state index in [1.807, 2.05) is 60.7 Å². The Kier molecular flexibility index (Phi) is 4.45. The van der Waals surface area contributed by atoms with E-state index in [1.165, 1.54) is 10.9 Å². The van der Waals surface area contributed by atoms with Crippen LogP contribution in [0.15, 0.2) is 103 Å². The van der Waals surface area contributed by atoms with Crippen LogP contribution in [0.4, 0.5) is 0 Å². The Balaban J connectivity index is 1.55. The molecule has 4 aromatic carbocycles. The molecule has 0 saturated carbocycles. The second kappa shape index (κ2) is 7.40. The summed E-state index contributed by atoms with van der Waals surface area (Å²) < 4.78 is 0. The minimum Gasteiger partial charge on any atom is -0.361 e. The van der Waals surface area contributed by atoms with Gasteiger partial charge in [0.2, 0.25) is 0 Å². The first-order valence-corrected chi connectivity index (χ1v) is 9.92.